The highest BCUT2D eigenvalue weighted by atomic mass is 19.1. The number of amides is 1. The maximum Gasteiger partial charge on any atom is 0.410 e. The second-order valence-corrected chi connectivity index (χ2v) is 14.2. The zero-order chi connectivity index (χ0) is 33.3. The minimum atomic E-state index is -0.568. The number of likely N-dealkylation sites (tertiary alicyclic amines) is 1. The third-order valence-corrected chi connectivity index (χ3v) is 8.39. The number of benzene rings is 2. The predicted octanol–water partition coefficient (Wildman–Crippen LogP) is 5.83. The zero-order valence-corrected chi connectivity index (χ0v) is 28.0. The number of rotatable bonds is 4. The molecule has 4 heterocycles. The van der Waals surface area contributed by atoms with Gasteiger partial charge in [0.2, 0.25) is 0 Å². The number of imidazole rings is 2. The molecular weight excluding hydrogens is 589 g/mol. The maximum atomic E-state index is 15.8. The number of hydrogen-bond donors (Lipinski definition) is 0. The number of carbonyl (C=O) groups is 1. The van der Waals surface area contributed by atoms with Gasteiger partial charge in [-0.3, -0.25) is 18.4 Å². The maximum absolute atomic E-state index is 15.8. The van der Waals surface area contributed by atoms with E-state index in [9.17, 15) is 9.59 Å². The number of ether oxygens (including phenoxy) is 2. The molecule has 244 valence electrons. The summed E-state index contributed by atoms with van der Waals surface area (Å²) in [6.07, 6.45) is 4.11. The first-order valence-electron chi connectivity index (χ1n) is 15.6. The SMILES string of the molecule is Cn1cc(-c2cc3nc(C(C)(C)C)n(-c4cc(OC5CCN(C(=O)OC(C)(C)C)CC5)c5c(c4)n(C)c(=O)n5C)c3cc2F)cn1. The number of piperidine rings is 1. The van der Waals surface area contributed by atoms with E-state index in [1.165, 1.54) is 6.07 Å². The van der Waals surface area contributed by atoms with Crippen LogP contribution in [0.25, 0.3) is 38.9 Å². The highest BCUT2D eigenvalue weighted by Gasteiger charge is 2.30. The molecule has 3 aromatic heterocycles. The number of hydrogen-bond acceptors (Lipinski definition) is 6. The van der Waals surface area contributed by atoms with Crippen molar-refractivity contribution in [1.29, 1.82) is 0 Å². The summed E-state index contributed by atoms with van der Waals surface area (Å²) in [5.41, 5.74) is 3.23. The van der Waals surface area contributed by atoms with Gasteiger partial charge in [0.15, 0.2) is 0 Å². The molecule has 0 spiro atoms. The van der Waals surface area contributed by atoms with Crippen LogP contribution in [0.3, 0.4) is 0 Å². The van der Waals surface area contributed by atoms with Crippen LogP contribution in [-0.4, -0.2) is 64.3 Å². The van der Waals surface area contributed by atoms with Crippen LogP contribution in [0.15, 0.2) is 41.5 Å². The van der Waals surface area contributed by atoms with Gasteiger partial charge in [-0.05, 0) is 32.9 Å². The quantitative estimate of drug-likeness (QED) is 0.247. The highest BCUT2D eigenvalue weighted by molar-refractivity contribution is 5.88. The van der Waals surface area contributed by atoms with Gasteiger partial charge in [-0.15, -0.1) is 0 Å². The Bertz CT molecular complexity index is 2030. The Morgan fingerprint density at radius 2 is 1.65 bits per heavy atom. The van der Waals surface area contributed by atoms with Crippen molar-refractivity contribution in [2.45, 2.75) is 71.5 Å². The van der Waals surface area contributed by atoms with Crippen molar-refractivity contribution >= 4 is 28.2 Å². The van der Waals surface area contributed by atoms with E-state index in [1.807, 2.05) is 37.5 Å². The van der Waals surface area contributed by atoms with Crippen LogP contribution in [0.2, 0.25) is 0 Å². The average molecular weight is 632 g/mol. The number of carbonyl (C=O) groups excluding carboxylic acids is 1. The second-order valence-electron chi connectivity index (χ2n) is 14.2. The topological polar surface area (TPSA) is 101 Å². The molecule has 1 amide bonds. The first-order valence-corrected chi connectivity index (χ1v) is 15.6. The fourth-order valence-corrected chi connectivity index (χ4v) is 6.12. The Morgan fingerprint density at radius 3 is 2.26 bits per heavy atom. The van der Waals surface area contributed by atoms with E-state index in [2.05, 4.69) is 25.9 Å². The number of aromatic nitrogens is 6. The van der Waals surface area contributed by atoms with E-state index in [-0.39, 0.29) is 23.7 Å². The molecule has 1 aliphatic heterocycles. The van der Waals surface area contributed by atoms with Crippen molar-refractivity contribution in [3.8, 4) is 22.6 Å². The van der Waals surface area contributed by atoms with E-state index in [4.69, 9.17) is 14.5 Å². The van der Waals surface area contributed by atoms with Gasteiger partial charge in [-0.1, -0.05) is 20.8 Å². The van der Waals surface area contributed by atoms with E-state index in [0.29, 0.717) is 70.6 Å². The van der Waals surface area contributed by atoms with Gasteiger partial charge in [-0.25, -0.2) is 19.0 Å². The molecule has 0 N–H and O–H groups in total. The van der Waals surface area contributed by atoms with Gasteiger partial charge in [0, 0.05) is 81.9 Å². The summed E-state index contributed by atoms with van der Waals surface area (Å²) in [4.78, 5) is 32.5. The third-order valence-electron chi connectivity index (χ3n) is 8.39. The van der Waals surface area contributed by atoms with Gasteiger partial charge in [-0.2, -0.15) is 5.10 Å². The van der Waals surface area contributed by atoms with Crippen molar-refractivity contribution in [1.82, 2.24) is 33.4 Å². The molecule has 2 aromatic carbocycles. The molecule has 0 bridgehead atoms. The number of fused-ring (bicyclic) bond motifs is 2. The van der Waals surface area contributed by atoms with Crippen LogP contribution in [0.5, 0.6) is 5.75 Å². The molecule has 5 aromatic rings. The summed E-state index contributed by atoms with van der Waals surface area (Å²) in [6, 6.07) is 7.12. The largest absolute Gasteiger partial charge is 0.488 e. The van der Waals surface area contributed by atoms with Gasteiger partial charge in [0.25, 0.3) is 0 Å². The molecule has 12 heteroatoms. The first-order chi connectivity index (χ1) is 21.5. The third kappa shape index (κ3) is 5.65. The van der Waals surface area contributed by atoms with E-state index in [0.717, 1.165) is 5.82 Å². The van der Waals surface area contributed by atoms with Crippen molar-refractivity contribution in [3.05, 3.63) is 58.8 Å². The van der Waals surface area contributed by atoms with Crippen molar-refractivity contribution in [2.75, 3.05) is 13.1 Å². The standard InChI is InChI=1S/C34H42FN7O4/c1-33(2,3)30-37-25-16-23(20-18-36-38(7)19-20)24(35)17-26(25)42(30)21-14-27-29(40(9)31(43)39(27)8)28(15-21)45-22-10-12-41(13-11-22)32(44)46-34(4,5)6/h14-19,22H,10-13H2,1-9H3. The fourth-order valence-electron chi connectivity index (χ4n) is 6.12. The minimum absolute atomic E-state index is 0.185. The predicted molar refractivity (Wildman–Crippen MR) is 175 cm³/mol. The lowest BCUT2D eigenvalue weighted by atomic mass is 9.95. The van der Waals surface area contributed by atoms with Crippen molar-refractivity contribution < 1.29 is 18.7 Å². The van der Waals surface area contributed by atoms with Crippen molar-refractivity contribution in [3.63, 3.8) is 0 Å². The molecule has 0 aliphatic carbocycles. The number of aryl methyl sites for hydroxylation is 3. The van der Waals surface area contributed by atoms with Gasteiger partial charge in [0.1, 0.15) is 34.6 Å². The monoisotopic (exact) mass is 631 g/mol. The summed E-state index contributed by atoms with van der Waals surface area (Å²) in [7, 11) is 5.25. The lowest BCUT2D eigenvalue weighted by molar-refractivity contribution is 0.0127. The van der Waals surface area contributed by atoms with E-state index in [1.54, 1.807) is 58.3 Å². The summed E-state index contributed by atoms with van der Waals surface area (Å²) >= 11 is 0. The Labute approximate surface area is 267 Å². The summed E-state index contributed by atoms with van der Waals surface area (Å²) in [6.45, 7) is 12.7. The summed E-state index contributed by atoms with van der Waals surface area (Å²) in [5.74, 6) is 0.892. The van der Waals surface area contributed by atoms with Crippen LogP contribution in [-0.2, 0) is 31.3 Å². The van der Waals surface area contributed by atoms with Crippen molar-refractivity contribution in [2.24, 2.45) is 21.1 Å². The second kappa shape index (κ2) is 11.0. The van der Waals surface area contributed by atoms with E-state index < -0.39 is 11.0 Å². The molecule has 1 aliphatic rings. The molecule has 46 heavy (non-hydrogen) atoms. The molecule has 0 atom stereocenters. The highest BCUT2D eigenvalue weighted by Crippen LogP contribution is 2.37. The smallest absolute Gasteiger partial charge is 0.410 e. The van der Waals surface area contributed by atoms with Crippen LogP contribution in [0.4, 0.5) is 9.18 Å². The Hall–Kier alpha value is -4.61. The molecule has 0 saturated carbocycles. The zero-order valence-electron chi connectivity index (χ0n) is 28.0. The molecular formula is C34H42FN7O4. The van der Waals surface area contributed by atoms with E-state index >= 15 is 4.39 Å². The lowest BCUT2D eigenvalue weighted by Gasteiger charge is -2.33. The molecule has 1 saturated heterocycles. The summed E-state index contributed by atoms with van der Waals surface area (Å²) < 4.78 is 34.8. The van der Waals surface area contributed by atoms with Crippen LogP contribution in [0.1, 0.15) is 60.2 Å². The van der Waals surface area contributed by atoms with Crippen LogP contribution < -0.4 is 10.4 Å². The molecule has 11 nitrogen and oxygen atoms in total. The van der Waals surface area contributed by atoms with Gasteiger partial charge < -0.3 is 14.4 Å². The Morgan fingerprint density at radius 1 is 0.957 bits per heavy atom. The average Bonchev–Trinajstić information content (AvgIpc) is 3.63. The summed E-state index contributed by atoms with van der Waals surface area (Å²) in [5, 5.41) is 4.21. The Kier molecular flexibility index (Phi) is 7.52. The van der Waals surface area contributed by atoms with Crippen LogP contribution >= 0.6 is 0 Å². The fraction of sp³-hybridized carbons (Fsp3) is 0.471. The first kappa shape index (κ1) is 31.4. The molecule has 0 unspecified atom stereocenters. The van der Waals surface area contributed by atoms with Gasteiger partial charge in [0.05, 0.1) is 28.4 Å². The lowest BCUT2D eigenvalue weighted by Crippen LogP contribution is -2.44. The molecule has 1 fully saturated rings. The Balaban J connectivity index is 1.45. The normalized spacial score (nSPS) is 14.9. The minimum Gasteiger partial charge on any atom is -0.488 e. The molecule has 0 radical (unpaired) electrons. The van der Waals surface area contributed by atoms with Gasteiger partial charge >= 0.3 is 11.8 Å². The number of halogens is 1. The van der Waals surface area contributed by atoms with Crippen LogP contribution in [0, 0.1) is 5.82 Å². The molecule has 6 rings (SSSR count). The number of nitrogens with zero attached hydrogens (tertiary/aromatic N) is 7.